The summed E-state index contributed by atoms with van der Waals surface area (Å²) < 4.78 is 5.52. The number of oxime groups is 1. The first-order chi connectivity index (χ1) is 12.1. The minimum absolute atomic E-state index is 0.126. The minimum Gasteiger partial charge on any atom is -0.386 e. The van der Waals surface area contributed by atoms with E-state index in [4.69, 9.17) is 9.57 Å². The largest absolute Gasteiger partial charge is 0.386 e. The average Bonchev–Trinajstić information content (AvgIpc) is 3.36. The number of carbonyl (C=O) groups is 1. The highest BCUT2D eigenvalue weighted by molar-refractivity contribution is 6.39. The first-order valence-electron chi connectivity index (χ1n) is 8.82. The van der Waals surface area contributed by atoms with Crippen LogP contribution in [0.5, 0.6) is 0 Å². The summed E-state index contributed by atoms with van der Waals surface area (Å²) in [5.41, 5.74) is 1.05. The van der Waals surface area contributed by atoms with Crippen LogP contribution in [0.1, 0.15) is 31.2 Å². The van der Waals surface area contributed by atoms with Crippen LogP contribution >= 0.6 is 0 Å². The van der Waals surface area contributed by atoms with Gasteiger partial charge >= 0.3 is 0 Å². The first kappa shape index (κ1) is 16.3. The van der Waals surface area contributed by atoms with Crippen LogP contribution in [0.25, 0.3) is 0 Å². The molecule has 3 aliphatic rings. The Bertz CT molecular complexity index is 671. The molecule has 0 radical (unpaired) electrons. The van der Waals surface area contributed by atoms with Crippen LogP contribution in [0.2, 0.25) is 0 Å². The monoisotopic (exact) mass is 345 g/mol. The molecule has 0 aromatic carbocycles. The predicted molar refractivity (Wildman–Crippen MR) is 91.5 cm³/mol. The van der Waals surface area contributed by atoms with Crippen molar-refractivity contribution in [3.63, 3.8) is 0 Å². The van der Waals surface area contributed by atoms with Gasteiger partial charge in [0.2, 0.25) is 5.95 Å². The summed E-state index contributed by atoms with van der Waals surface area (Å²) in [5, 5.41) is 6.96. The molecule has 25 heavy (non-hydrogen) atoms. The summed E-state index contributed by atoms with van der Waals surface area (Å²) in [4.78, 5) is 28.8. The van der Waals surface area contributed by atoms with E-state index in [0.717, 1.165) is 38.0 Å². The van der Waals surface area contributed by atoms with Gasteiger partial charge in [0.25, 0.3) is 5.91 Å². The number of nitrogens with zero attached hydrogens (tertiary/aromatic N) is 4. The SMILES string of the molecule is Cc1cnc(N2CC[C@@]3(CC(C(=O)NC[C@H]4CCCO4)=NO3)C2)nc1. The molecule has 3 aliphatic heterocycles. The summed E-state index contributed by atoms with van der Waals surface area (Å²) >= 11 is 0. The fraction of sp³-hybridized carbons (Fsp3) is 0.647. The van der Waals surface area contributed by atoms with E-state index >= 15 is 0 Å². The Balaban J connectivity index is 1.31. The fourth-order valence-corrected chi connectivity index (χ4v) is 3.54. The van der Waals surface area contributed by atoms with E-state index in [1.165, 1.54) is 0 Å². The van der Waals surface area contributed by atoms with Gasteiger partial charge in [-0.15, -0.1) is 0 Å². The van der Waals surface area contributed by atoms with Crippen LogP contribution in [0.4, 0.5) is 5.95 Å². The Morgan fingerprint density at radius 2 is 2.28 bits per heavy atom. The number of ether oxygens (including phenoxy) is 1. The van der Waals surface area contributed by atoms with E-state index < -0.39 is 5.60 Å². The molecule has 0 saturated carbocycles. The molecular weight excluding hydrogens is 322 g/mol. The standard InChI is InChI=1S/C17H23N5O3/c1-12-8-19-16(20-9-12)22-5-4-17(11-22)7-14(21-25-17)15(23)18-10-13-3-2-6-24-13/h8-9,13H,2-7,10-11H2,1H3,(H,18,23)/t13-,17-/m1/s1. The van der Waals surface area contributed by atoms with E-state index in [2.05, 4.69) is 25.3 Å². The van der Waals surface area contributed by atoms with E-state index in [1.54, 1.807) is 0 Å². The van der Waals surface area contributed by atoms with Crippen LogP contribution in [0.3, 0.4) is 0 Å². The van der Waals surface area contributed by atoms with Crippen molar-refractivity contribution in [2.75, 3.05) is 31.1 Å². The van der Waals surface area contributed by atoms with Gasteiger partial charge in [-0.1, -0.05) is 5.16 Å². The molecule has 8 heteroatoms. The smallest absolute Gasteiger partial charge is 0.269 e. The molecule has 134 valence electrons. The minimum atomic E-state index is -0.440. The van der Waals surface area contributed by atoms with Crippen molar-refractivity contribution in [3.8, 4) is 0 Å². The molecule has 1 amide bonds. The Morgan fingerprint density at radius 3 is 3.04 bits per heavy atom. The molecule has 1 spiro atoms. The molecule has 1 N–H and O–H groups in total. The number of aromatic nitrogens is 2. The number of hydrogen-bond donors (Lipinski definition) is 1. The second-order valence-corrected chi connectivity index (χ2v) is 7.07. The molecule has 2 saturated heterocycles. The summed E-state index contributed by atoms with van der Waals surface area (Å²) in [6.07, 6.45) is 7.13. The average molecular weight is 345 g/mol. The lowest BCUT2D eigenvalue weighted by Gasteiger charge is -2.21. The molecule has 1 aromatic heterocycles. The fourth-order valence-electron chi connectivity index (χ4n) is 3.54. The number of nitrogens with one attached hydrogen (secondary N) is 1. The molecule has 4 rings (SSSR count). The number of carbonyl (C=O) groups excluding carboxylic acids is 1. The number of anilines is 1. The number of hydrogen-bond acceptors (Lipinski definition) is 7. The van der Waals surface area contributed by atoms with E-state index in [9.17, 15) is 4.79 Å². The van der Waals surface area contributed by atoms with Gasteiger partial charge in [0.15, 0.2) is 5.60 Å². The van der Waals surface area contributed by atoms with Crippen LogP contribution in [0.15, 0.2) is 17.5 Å². The highest BCUT2D eigenvalue weighted by Gasteiger charge is 2.47. The van der Waals surface area contributed by atoms with Gasteiger partial charge in [0, 0.05) is 44.9 Å². The maximum absolute atomic E-state index is 12.3. The van der Waals surface area contributed by atoms with Gasteiger partial charge in [0.1, 0.15) is 5.71 Å². The van der Waals surface area contributed by atoms with Gasteiger partial charge in [-0.2, -0.15) is 0 Å². The molecule has 8 nitrogen and oxygen atoms in total. The van der Waals surface area contributed by atoms with Gasteiger partial charge in [0.05, 0.1) is 12.6 Å². The van der Waals surface area contributed by atoms with Crippen LogP contribution in [-0.4, -0.2) is 59.5 Å². The Hall–Kier alpha value is -2.22. The van der Waals surface area contributed by atoms with Crippen molar-refractivity contribution in [1.29, 1.82) is 0 Å². The van der Waals surface area contributed by atoms with Crippen molar-refractivity contribution in [3.05, 3.63) is 18.0 Å². The highest BCUT2D eigenvalue weighted by atomic mass is 16.7. The number of rotatable bonds is 4. The highest BCUT2D eigenvalue weighted by Crippen LogP contribution is 2.35. The van der Waals surface area contributed by atoms with E-state index in [1.807, 2.05) is 19.3 Å². The second kappa shape index (κ2) is 6.59. The quantitative estimate of drug-likeness (QED) is 0.868. The lowest BCUT2D eigenvalue weighted by atomic mass is 9.96. The summed E-state index contributed by atoms with van der Waals surface area (Å²) in [6, 6.07) is 0. The van der Waals surface area contributed by atoms with Crippen molar-refractivity contribution in [2.24, 2.45) is 5.16 Å². The summed E-state index contributed by atoms with van der Waals surface area (Å²) in [7, 11) is 0. The predicted octanol–water partition coefficient (Wildman–Crippen LogP) is 0.805. The van der Waals surface area contributed by atoms with Crippen molar-refractivity contribution >= 4 is 17.6 Å². The molecule has 2 fully saturated rings. The lowest BCUT2D eigenvalue weighted by Crippen LogP contribution is -2.39. The maximum Gasteiger partial charge on any atom is 0.269 e. The van der Waals surface area contributed by atoms with Crippen LogP contribution in [-0.2, 0) is 14.4 Å². The molecule has 0 bridgehead atoms. The van der Waals surface area contributed by atoms with Crippen molar-refractivity contribution in [1.82, 2.24) is 15.3 Å². The first-order valence-corrected chi connectivity index (χ1v) is 8.82. The summed E-state index contributed by atoms with van der Waals surface area (Å²) in [6.45, 7) is 4.72. The van der Waals surface area contributed by atoms with Crippen LogP contribution < -0.4 is 10.2 Å². The maximum atomic E-state index is 12.3. The summed E-state index contributed by atoms with van der Waals surface area (Å²) in [5.74, 6) is 0.541. The molecule has 1 aromatic rings. The zero-order valence-electron chi connectivity index (χ0n) is 14.4. The third-order valence-electron chi connectivity index (χ3n) is 4.98. The zero-order valence-corrected chi connectivity index (χ0v) is 14.4. The van der Waals surface area contributed by atoms with Gasteiger partial charge in [-0.05, 0) is 25.3 Å². The van der Waals surface area contributed by atoms with Gasteiger partial charge < -0.3 is 19.8 Å². The Kier molecular flexibility index (Phi) is 4.29. The third-order valence-corrected chi connectivity index (χ3v) is 4.98. The van der Waals surface area contributed by atoms with Crippen molar-refractivity contribution < 1.29 is 14.4 Å². The Labute approximate surface area is 146 Å². The lowest BCUT2D eigenvalue weighted by molar-refractivity contribution is -0.115. The molecule has 2 atom stereocenters. The zero-order chi connectivity index (χ0) is 17.3. The Morgan fingerprint density at radius 1 is 1.44 bits per heavy atom. The topological polar surface area (TPSA) is 88.9 Å². The van der Waals surface area contributed by atoms with E-state index in [-0.39, 0.29) is 12.0 Å². The third kappa shape index (κ3) is 3.44. The van der Waals surface area contributed by atoms with Crippen LogP contribution in [0, 0.1) is 6.92 Å². The molecule has 0 aliphatic carbocycles. The van der Waals surface area contributed by atoms with Crippen molar-refractivity contribution in [2.45, 2.75) is 44.3 Å². The number of aryl methyl sites for hydroxylation is 1. The molecular formula is C17H23N5O3. The normalized spacial score (nSPS) is 28.3. The van der Waals surface area contributed by atoms with Gasteiger partial charge in [-0.3, -0.25) is 4.79 Å². The van der Waals surface area contributed by atoms with Gasteiger partial charge in [-0.25, -0.2) is 9.97 Å². The molecule has 4 heterocycles. The number of amides is 1. The van der Waals surface area contributed by atoms with E-state index in [0.29, 0.717) is 31.2 Å². The molecule has 0 unspecified atom stereocenters. The second-order valence-electron chi connectivity index (χ2n) is 7.07.